The summed E-state index contributed by atoms with van der Waals surface area (Å²) in [6.07, 6.45) is 4.03. The largest absolute Gasteiger partial charge is 0.349 e. The molecule has 5 aromatic rings. The highest BCUT2D eigenvalue weighted by Crippen LogP contribution is 2.30. The van der Waals surface area contributed by atoms with E-state index in [1.54, 1.807) is 0 Å². The Morgan fingerprint density at radius 3 is 2.48 bits per heavy atom. The number of fused-ring (bicyclic) bond motifs is 3. The summed E-state index contributed by atoms with van der Waals surface area (Å²) >= 11 is 0. The molecule has 0 amide bonds. The first kappa shape index (κ1) is 15.8. The van der Waals surface area contributed by atoms with Crippen LogP contribution in [0, 0.1) is 6.92 Å². The Labute approximate surface area is 157 Å². The molecule has 0 radical (unpaired) electrons. The van der Waals surface area contributed by atoms with E-state index in [-0.39, 0.29) is 0 Å². The summed E-state index contributed by atoms with van der Waals surface area (Å²) in [5, 5.41) is 2.47. The Kier molecular flexibility index (Phi) is 3.72. The molecule has 5 rings (SSSR count). The number of aryl methyl sites for hydroxylation is 1. The molecule has 3 heterocycles. The fourth-order valence-corrected chi connectivity index (χ4v) is 3.71. The van der Waals surface area contributed by atoms with Gasteiger partial charge in [-0.1, -0.05) is 54.1 Å². The first-order chi connectivity index (χ1) is 13.3. The molecule has 27 heavy (non-hydrogen) atoms. The lowest BCUT2D eigenvalue weighted by molar-refractivity contribution is -0.676. The number of aromatic amines is 1. The minimum Gasteiger partial charge on any atom is -0.349 e. The molecule has 2 aromatic carbocycles. The van der Waals surface area contributed by atoms with Crippen molar-refractivity contribution in [2.45, 2.75) is 13.5 Å². The molecule has 1 N–H and O–H groups in total. The highest BCUT2D eigenvalue weighted by molar-refractivity contribution is 6.10. The van der Waals surface area contributed by atoms with Crippen LogP contribution in [0.1, 0.15) is 11.1 Å². The molecule has 0 saturated carbocycles. The molecule has 0 aliphatic heterocycles. The minimum atomic E-state index is 0.803. The van der Waals surface area contributed by atoms with Crippen molar-refractivity contribution in [1.82, 2.24) is 9.97 Å². The van der Waals surface area contributed by atoms with E-state index in [1.165, 1.54) is 21.9 Å². The van der Waals surface area contributed by atoms with Crippen LogP contribution in [0.15, 0.2) is 85.2 Å². The fourth-order valence-electron chi connectivity index (χ4n) is 3.71. The highest BCUT2D eigenvalue weighted by Gasteiger charge is 2.21. The number of H-pyrrole nitrogens is 1. The summed E-state index contributed by atoms with van der Waals surface area (Å²) in [5.74, 6) is 0. The zero-order valence-corrected chi connectivity index (χ0v) is 15.2. The van der Waals surface area contributed by atoms with Crippen molar-refractivity contribution < 1.29 is 4.57 Å². The summed E-state index contributed by atoms with van der Waals surface area (Å²) in [6, 6.07) is 25.4. The van der Waals surface area contributed by atoms with Crippen LogP contribution in [-0.4, -0.2) is 9.97 Å². The Morgan fingerprint density at radius 1 is 0.852 bits per heavy atom. The molecule has 3 heteroatoms. The number of nitrogens with one attached hydrogen (secondary N) is 1. The van der Waals surface area contributed by atoms with Gasteiger partial charge in [-0.3, -0.25) is 0 Å². The van der Waals surface area contributed by atoms with Crippen molar-refractivity contribution in [3.8, 4) is 11.4 Å². The smallest absolute Gasteiger partial charge is 0.255 e. The van der Waals surface area contributed by atoms with Gasteiger partial charge < -0.3 is 4.98 Å². The normalized spacial score (nSPS) is 11.3. The number of hydrogen-bond acceptors (Lipinski definition) is 1. The van der Waals surface area contributed by atoms with Crippen molar-refractivity contribution in [3.63, 3.8) is 0 Å². The summed E-state index contributed by atoms with van der Waals surface area (Å²) < 4.78 is 2.28. The van der Waals surface area contributed by atoms with Crippen molar-refractivity contribution in [2.24, 2.45) is 0 Å². The molecule has 0 aliphatic rings. The number of aromatic nitrogens is 3. The predicted octanol–water partition coefficient (Wildman–Crippen LogP) is 5.03. The maximum Gasteiger partial charge on any atom is 0.255 e. The van der Waals surface area contributed by atoms with Crippen LogP contribution in [0.3, 0.4) is 0 Å². The van der Waals surface area contributed by atoms with Gasteiger partial charge in [0, 0.05) is 34.1 Å². The number of benzene rings is 2. The standard InChI is InChI=1S/C24H19N3/c1-17-9-11-18(12-10-17)16-27-15-13-20-19-6-2-3-7-21(19)26-23(20)24(27)22-8-4-5-14-25-22/h2-15H,16H2,1H3/p+1. The van der Waals surface area contributed by atoms with Gasteiger partial charge in [0.15, 0.2) is 12.7 Å². The van der Waals surface area contributed by atoms with Gasteiger partial charge in [-0.2, -0.15) is 4.57 Å². The van der Waals surface area contributed by atoms with Crippen LogP contribution in [0.5, 0.6) is 0 Å². The molecular formula is C24H20N3+. The van der Waals surface area contributed by atoms with E-state index in [0.717, 1.165) is 29.0 Å². The molecule has 0 saturated heterocycles. The third-order valence-electron chi connectivity index (χ3n) is 5.07. The second-order valence-electron chi connectivity index (χ2n) is 6.95. The van der Waals surface area contributed by atoms with Crippen LogP contribution < -0.4 is 4.57 Å². The second-order valence-corrected chi connectivity index (χ2v) is 6.95. The molecule has 130 valence electrons. The highest BCUT2D eigenvalue weighted by atomic mass is 15.0. The molecule has 0 aliphatic carbocycles. The van der Waals surface area contributed by atoms with Gasteiger partial charge in [0.05, 0.1) is 0 Å². The fraction of sp³-hybridized carbons (Fsp3) is 0.0833. The van der Waals surface area contributed by atoms with E-state index in [2.05, 4.69) is 88.3 Å². The van der Waals surface area contributed by atoms with Crippen LogP contribution in [0.25, 0.3) is 33.2 Å². The number of nitrogens with zero attached hydrogens (tertiary/aromatic N) is 2. The Morgan fingerprint density at radius 2 is 1.67 bits per heavy atom. The van der Waals surface area contributed by atoms with Gasteiger partial charge in [0.1, 0.15) is 11.2 Å². The minimum absolute atomic E-state index is 0.803. The lowest BCUT2D eigenvalue weighted by Crippen LogP contribution is -2.36. The van der Waals surface area contributed by atoms with E-state index < -0.39 is 0 Å². The topological polar surface area (TPSA) is 32.6 Å². The molecule has 0 fully saturated rings. The van der Waals surface area contributed by atoms with Crippen molar-refractivity contribution in [1.29, 1.82) is 0 Å². The molecule has 0 bridgehead atoms. The summed E-state index contributed by atoms with van der Waals surface area (Å²) in [4.78, 5) is 8.26. The van der Waals surface area contributed by atoms with Crippen LogP contribution in [-0.2, 0) is 6.54 Å². The molecular weight excluding hydrogens is 330 g/mol. The number of pyridine rings is 2. The van der Waals surface area contributed by atoms with Crippen LogP contribution in [0.4, 0.5) is 0 Å². The maximum atomic E-state index is 4.64. The zero-order valence-electron chi connectivity index (χ0n) is 15.2. The van der Waals surface area contributed by atoms with Gasteiger partial charge in [0.25, 0.3) is 5.69 Å². The summed E-state index contributed by atoms with van der Waals surface area (Å²) in [7, 11) is 0. The number of rotatable bonds is 3. The van der Waals surface area contributed by atoms with Gasteiger partial charge in [0.2, 0.25) is 0 Å². The van der Waals surface area contributed by atoms with Gasteiger partial charge >= 0.3 is 0 Å². The quantitative estimate of drug-likeness (QED) is 0.455. The van der Waals surface area contributed by atoms with E-state index in [0.29, 0.717) is 0 Å². The Hall–Kier alpha value is -3.46. The molecule has 3 nitrogen and oxygen atoms in total. The number of para-hydroxylation sites is 1. The van der Waals surface area contributed by atoms with Crippen molar-refractivity contribution in [2.75, 3.05) is 0 Å². The monoisotopic (exact) mass is 350 g/mol. The molecule has 0 atom stereocenters. The van der Waals surface area contributed by atoms with Gasteiger partial charge in [-0.25, -0.2) is 4.98 Å². The zero-order chi connectivity index (χ0) is 18.2. The van der Waals surface area contributed by atoms with Crippen molar-refractivity contribution >= 4 is 21.8 Å². The summed E-state index contributed by atoms with van der Waals surface area (Å²) in [5.41, 5.74) is 6.92. The molecule has 0 unspecified atom stereocenters. The van der Waals surface area contributed by atoms with Gasteiger partial charge in [-0.15, -0.1) is 0 Å². The lowest BCUT2D eigenvalue weighted by atomic mass is 10.1. The number of hydrogen-bond donors (Lipinski definition) is 1. The second kappa shape index (κ2) is 6.36. The Balaban J connectivity index is 1.77. The first-order valence-corrected chi connectivity index (χ1v) is 9.19. The van der Waals surface area contributed by atoms with E-state index in [4.69, 9.17) is 0 Å². The van der Waals surface area contributed by atoms with Crippen molar-refractivity contribution in [3.05, 3.63) is 96.3 Å². The van der Waals surface area contributed by atoms with Crippen LogP contribution >= 0.6 is 0 Å². The molecule has 3 aromatic heterocycles. The summed E-state index contributed by atoms with van der Waals surface area (Å²) in [6.45, 7) is 2.92. The Bertz CT molecular complexity index is 1240. The average molecular weight is 350 g/mol. The average Bonchev–Trinajstić information content (AvgIpc) is 3.09. The van der Waals surface area contributed by atoms with Gasteiger partial charge in [-0.05, 0) is 25.1 Å². The van der Waals surface area contributed by atoms with E-state index in [1.807, 2.05) is 18.3 Å². The molecule has 0 spiro atoms. The SMILES string of the molecule is Cc1ccc(C[n+]2ccc3c([nH]c4ccccc43)c2-c2ccccn2)cc1. The van der Waals surface area contributed by atoms with E-state index >= 15 is 0 Å². The third kappa shape index (κ3) is 2.77. The lowest BCUT2D eigenvalue weighted by Gasteiger charge is -2.06. The van der Waals surface area contributed by atoms with Crippen LogP contribution in [0.2, 0.25) is 0 Å². The predicted molar refractivity (Wildman–Crippen MR) is 110 cm³/mol. The maximum absolute atomic E-state index is 4.64. The first-order valence-electron chi connectivity index (χ1n) is 9.19. The third-order valence-corrected chi connectivity index (χ3v) is 5.07. The van der Waals surface area contributed by atoms with E-state index in [9.17, 15) is 0 Å².